The molecule has 0 bridgehead atoms. The molecule has 1 rings (SSSR count). The minimum Gasteiger partial charge on any atom is -0.495 e. The van der Waals surface area contributed by atoms with Gasteiger partial charge in [-0.3, -0.25) is 0 Å². The van der Waals surface area contributed by atoms with E-state index in [-0.39, 0.29) is 0 Å². The van der Waals surface area contributed by atoms with Crippen LogP contribution in [0.15, 0.2) is 36.9 Å². The van der Waals surface area contributed by atoms with Crippen LogP contribution in [-0.4, -0.2) is 7.11 Å². The van der Waals surface area contributed by atoms with E-state index in [0.29, 0.717) is 0 Å². The molecule has 0 saturated carbocycles. The smallest absolute Gasteiger partial charge is 0.134 e. The van der Waals surface area contributed by atoms with E-state index >= 15 is 0 Å². The third-order valence-electron chi connectivity index (χ3n) is 1.42. The van der Waals surface area contributed by atoms with E-state index in [4.69, 9.17) is 4.74 Å². The van der Waals surface area contributed by atoms with Crippen molar-refractivity contribution in [2.75, 3.05) is 7.11 Å². The van der Waals surface area contributed by atoms with Crippen LogP contribution in [0.3, 0.4) is 0 Å². The fraction of sp³-hybridized carbons (Fsp3) is 0.0909. The number of benzene rings is 1. The molecule has 1 aromatic carbocycles. The molecule has 0 atom stereocenters. The lowest BCUT2D eigenvalue weighted by Crippen LogP contribution is -1.85. The van der Waals surface area contributed by atoms with Crippen molar-refractivity contribution in [2.45, 2.75) is 0 Å². The number of para-hydroxylation sites is 1. The number of hydrogen-bond acceptors (Lipinski definition) is 1. The van der Waals surface area contributed by atoms with Crippen LogP contribution < -0.4 is 4.74 Å². The van der Waals surface area contributed by atoms with E-state index in [0.717, 1.165) is 11.3 Å². The monoisotopic (exact) mass is 158 g/mol. The van der Waals surface area contributed by atoms with Gasteiger partial charge in [0.1, 0.15) is 5.75 Å². The summed E-state index contributed by atoms with van der Waals surface area (Å²) in [5, 5.41) is 0. The molecule has 0 aliphatic rings. The van der Waals surface area contributed by atoms with Crippen LogP contribution in [0.2, 0.25) is 0 Å². The standard InChI is InChI=1S/C11H10O/c1-3-4-7-10-8-5-6-9-11(10)12-2/h3,5-6,8-9H,1H2,2H3. The molecule has 1 aromatic rings. The second-order valence-corrected chi connectivity index (χ2v) is 2.17. The number of rotatable bonds is 1. The maximum absolute atomic E-state index is 5.11. The second-order valence-electron chi connectivity index (χ2n) is 2.17. The molecule has 0 aromatic heterocycles. The lowest BCUT2D eigenvalue weighted by atomic mass is 10.2. The van der Waals surface area contributed by atoms with Gasteiger partial charge in [0.25, 0.3) is 0 Å². The summed E-state index contributed by atoms with van der Waals surface area (Å²) in [5.41, 5.74) is 0.889. The van der Waals surface area contributed by atoms with Gasteiger partial charge >= 0.3 is 0 Å². The SMILES string of the molecule is C=CC#Cc1ccccc1OC. The van der Waals surface area contributed by atoms with Gasteiger partial charge in [-0.05, 0) is 18.2 Å². The lowest BCUT2D eigenvalue weighted by molar-refractivity contribution is 0.413. The first kappa shape index (κ1) is 8.42. The van der Waals surface area contributed by atoms with Crippen molar-refractivity contribution in [1.82, 2.24) is 0 Å². The largest absolute Gasteiger partial charge is 0.495 e. The van der Waals surface area contributed by atoms with Gasteiger partial charge in [0, 0.05) is 0 Å². The Labute approximate surface area is 72.7 Å². The predicted octanol–water partition coefficient (Wildman–Crippen LogP) is 2.23. The molecule has 12 heavy (non-hydrogen) atoms. The first-order chi connectivity index (χ1) is 5.88. The van der Waals surface area contributed by atoms with Crippen LogP contribution in [0.4, 0.5) is 0 Å². The van der Waals surface area contributed by atoms with E-state index in [1.54, 1.807) is 13.2 Å². The van der Waals surface area contributed by atoms with Gasteiger partial charge in [0.2, 0.25) is 0 Å². The molecule has 0 N–H and O–H groups in total. The van der Waals surface area contributed by atoms with Crippen molar-refractivity contribution in [1.29, 1.82) is 0 Å². The van der Waals surface area contributed by atoms with Gasteiger partial charge in [-0.25, -0.2) is 0 Å². The van der Waals surface area contributed by atoms with Gasteiger partial charge < -0.3 is 4.74 Å². The van der Waals surface area contributed by atoms with Gasteiger partial charge in [-0.1, -0.05) is 30.6 Å². The maximum atomic E-state index is 5.11. The van der Waals surface area contributed by atoms with Crippen LogP contribution in [0.1, 0.15) is 5.56 Å². The molecule has 0 aliphatic heterocycles. The summed E-state index contributed by atoms with van der Waals surface area (Å²) in [6.45, 7) is 3.52. The Morgan fingerprint density at radius 1 is 1.42 bits per heavy atom. The Bertz CT molecular complexity index is 328. The normalized spacial score (nSPS) is 8.08. The molecule has 0 amide bonds. The zero-order chi connectivity index (χ0) is 8.81. The van der Waals surface area contributed by atoms with Crippen molar-refractivity contribution < 1.29 is 4.74 Å². The third kappa shape index (κ3) is 1.90. The molecule has 60 valence electrons. The van der Waals surface area contributed by atoms with Gasteiger partial charge in [-0.15, -0.1) is 0 Å². The van der Waals surface area contributed by atoms with Crippen LogP contribution in [-0.2, 0) is 0 Å². The van der Waals surface area contributed by atoms with E-state index in [1.165, 1.54) is 0 Å². The second kappa shape index (κ2) is 4.25. The number of hydrogen-bond donors (Lipinski definition) is 0. The first-order valence-corrected chi connectivity index (χ1v) is 3.64. The van der Waals surface area contributed by atoms with Gasteiger partial charge in [0.15, 0.2) is 0 Å². The van der Waals surface area contributed by atoms with E-state index < -0.39 is 0 Å². The average molecular weight is 158 g/mol. The molecule has 0 unspecified atom stereocenters. The van der Waals surface area contributed by atoms with Crippen molar-refractivity contribution in [3.8, 4) is 17.6 Å². The summed E-state index contributed by atoms with van der Waals surface area (Å²) >= 11 is 0. The summed E-state index contributed by atoms with van der Waals surface area (Å²) < 4.78 is 5.11. The fourth-order valence-corrected chi connectivity index (χ4v) is 0.877. The van der Waals surface area contributed by atoms with Crippen LogP contribution in [0.5, 0.6) is 5.75 Å². The molecule has 0 heterocycles. The molecule has 0 saturated heterocycles. The van der Waals surface area contributed by atoms with Crippen molar-refractivity contribution in [2.24, 2.45) is 0 Å². The topological polar surface area (TPSA) is 9.23 Å². The first-order valence-electron chi connectivity index (χ1n) is 3.64. The lowest BCUT2D eigenvalue weighted by Gasteiger charge is -2.00. The zero-order valence-electron chi connectivity index (χ0n) is 7.00. The third-order valence-corrected chi connectivity index (χ3v) is 1.42. The summed E-state index contributed by atoms with van der Waals surface area (Å²) in [5.74, 6) is 6.49. The van der Waals surface area contributed by atoms with Crippen molar-refractivity contribution in [3.05, 3.63) is 42.5 Å². The van der Waals surface area contributed by atoms with Crippen LogP contribution >= 0.6 is 0 Å². The molecular weight excluding hydrogens is 148 g/mol. The average Bonchev–Trinajstić information content (AvgIpc) is 2.15. The van der Waals surface area contributed by atoms with Crippen LogP contribution in [0, 0.1) is 11.8 Å². The van der Waals surface area contributed by atoms with E-state index in [1.807, 2.05) is 24.3 Å². The number of methoxy groups -OCH3 is 1. The van der Waals surface area contributed by atoms with E-state index in [2.05, 4.69) is 18.4 Å². The quantitative estimate of drug-likeness (QED) is 0.569. The van der Waals surface area contributed by atoms with Gasteiger partial charge in [0.05, 0.1) is 12.7 Å². The van der Waals surface area contributed by atoms with E-state index in [9.17, 15) is 0 Å². The van der Waals surface area contributed by atoms with Crippen molar-refractivity contribution in [3.63, 3.8) is 0 Å². The summed E-state index contributed by atoms with van der Waals surface area (Å²) in [7, 11) is 1.63. The number of ether oxygens (including phenoxy) is 1. The molecule has 0 spiro atoms. The molecule has 1 heteroatoms. The van der Waals surface area contributed by atoms with Gasteiger partial charge in [-0.2, -0.15) is 0 Å². The molecule has 0 fully saturated rings. The summed E-state index contributed by atoms with van der Waals surface area (Å²) in [6.07, 6.45) is 1.56. The highest BCUT2D eigenvalue weighted by atomic mass is 16.5. The Morgan fingerprint density at radius 3 is 2.83 bits per heavy atom. The maximum Gasteiger partial charge on any atom is 0.134 e. The predicted molar refractivity (Wildman–Crippen MR) is 50.1 cm³/mol. The minimum absolute atomic E-state index is 0.798. The molecule has 0 aliphatic carbocycles. The molecule has 1 nitrogen and oxygen atoms in total. The Morgan fingerprint density at radius 2 is 2.17 bits per heavy atom. The Balaban J connectivity index is 3.04. The fourth-order valence-electron chi connectivity index (χ4n) is 0.877. The highest BCUT2D eigenvalue weighted by Crippen LogP contribution is 2.15. The Hall–Kier alpha value is -1.68. The minimum atomic E-state index is 0.798. The molecule has 0 radical (unpaired) electrons. The summed E-state index contributed by atoms with van der Waals surface area (Å²) in [4.78, 5) is 0. The highest BCUT2D eigenvalue weighted by molar-refractivity contribution is 5.46. The molecular formula is C11H10O. The number of allylic oxidation sites excluding steroid dienone is 1. The van der Waals surface area contributed by atoms with Crippen LogP contribution in [0.25, 0.3) is 0 Å². The Kier molecular flexibility index (Phi) is 2.98. The summed E-state index contributed by atoms with van der Waals surface area (Å²) in [6, 6.07) is 7.63. The zero-order valence-corrected chi connectivity index (χ0v) is 7.00. The highest BCUT2D eigenvalue weighted by Gasteiger charge is 1.94. The van der Waals surface area contributed by atoms with Crippen molar-refractivity contribution >= 4 is 0 Å².